The van der Waals surface area contributed by atoms with E-state index in [1.54, 1.807) is 0 Å². The fourth-order valence-corrected chi connectivity index (χ4v) is 1.63. The van der Waals surface area contributed by atoms with E-state index in [1.165, 1.54) is 0 Å². The van der Waals surface area contributed by atoms with Crippen molar-refractivity contribution < 1.29 is 9.84 Å². The van der Waals surface area contributed by atoms with Crippen molar-refractivity contribution in [2.24, 2.45) is 5.92 Å². The molecule has 0 saturated carbocycles. The minimum atomic E-state index is -0.324. The molecule has 0 aromatic carbocycles. The van der Waals surface area contributed by atoms with Gasteiger partial charge in [-0.15, -0.1) is 6.58 Å². The van der Waals surface area contributed by atoms with E-state index in [1.807, 2.05) is 19.9 Å². The molecule has 13 heavy (non-hydrogen) atoms. The quantitative estimate of drug-likeness (QED) is 0.524. The van der Waals surface area contributed by atoms with Gasteiger partial charge in [-0.25, -0.2) is 0 Å². The highest BCUT2D eigenvalue weighted by atomic mass is 16.6. The topological polar surface area (TPSA) is 32.8 Å². The normalized spacial score (nSPS) is 34.7. The van der Waals surface area contributed by atoms with Crippen LogP contribution < -0.4 is 0 Å². The smallest absolute Gasteiger partial charge is 0.113 e. The van der Waals surface area contributed by atoms with Gasteiger partial charge in [0.1, 0.15) is 6.10 Å². The van der Waals surface area contributed by atoms with E-state index < -0.39 is 0 Å². The molecule has 1 saturated heterocycles. The summed E-state index contributed by atoms with van der Waals surface area (Å²) in [5, 5.41) is 9.75. The Morgan fingerprint density at radius 3 is 2.69 bits per heavy atom. The Balaban J connectivity index is 2.38. The Morgan fingerprint density at radius 2 is 2.23 bits per heavy atom. The number of aliphatic hydroxyl groups is 1. The molecule has 3 atom stereocenters. The molecule has 0 aliphatic carbocycles. The lowest BCUT2D eigenvalue weighted by Gasteiger charge is -2.13. The monoisotopic (exact) mass is 184 g/mol. The summed E-state index contributed by atoms with van der Waals surface area (Å²) >= 11 is 0. The fraction of sp³-hybridized carbons (Fsp3) is 0.818. The maximum absolute atomic E-state index is 9.75. The standard InChI is InChI=1S/C11H20O2/c1-5-6-7-11(4)10(13-11)9(12)8(2)3/h5,8-10,12H,1,6-7H2,2-4H3/t9?,10-,11-/m1/s1. The summed E-state index contributed by atoms with van der Waals surface area (Å²) in [6.07, 6.45) is 3.52. The predicted molar refractivity (Wildman–Crippen MR) is 53.6 cm³/mol. The van der Waals surface area contributed by atoms with Crippen LogP contribution >= 0.6 is 0 Å². The van der Waals surface area contributed by atoms with Crippen LogP contribution in [0.4, 0.5) is 0 Å². The highest BCUT2D eigenvalue weighted by Gasteiger charge is 2.55. The van der Waals surface area contributed by atoms with Gasteiger partial charge in [-0.05, 0) is 25.7 Å². The van der Waals surface area contributed by atoms with Crippen LogP contribution in [-0.2, 0) is 4.74 Å². The molecule has 2 nitrogen and oxygen atoms in total. The van der Waals surface area contributed by atoms with Crippen LogP contribution in [0.2, 0.25) is 0 Å². The number of allylic oxidation sites excluding steroid dienone is 1. The lowest BCUT2D eigenvalue weighted by atomic mass is 9.93. The highest BCUT2D eigenvalue weighted by Crippen LogP contribution is 2.43. The van der Waals surface area contributed by atoms with Crippen molar-refractivity contribution in [1.82, 2.24) is 0 Å². The van der Waals surface area contributed by atoms with Gasteiger partial charge in [-0.1, -0.05) is 19.9 Å². The number of ether oxygens (including phenoxy) is 1. The summed E-state index contributed by atoms with van der Waals surface area (Å²) in [7, 11) is 0. The zero-order valence-corrected chi connectivity index (χ0v) is 8.79. The average Bonchev–Trinajstić information content (AvgIpc) is 2.74. The molecular weight excluding hydrogens is 164 g/mol. The highest BCUT2D eigenvalue weighted by molar-refractivity contribution is 5.04. The van der Waals surface area contributed by atoms with E-state index in [0.717, 1.165) is 12.8 Å². The third kappa shape index (κ3) is 2.32. The van der Waals surface area contributed by atoms with Crippen molar-refractivity contribution >= 4 is 0 Å². The molecule has 1 aliphatic rings. The molecule has 76 valence electrons. The van der Waals surface area contributed by atoms with Crippen molar-refractivity contribution in [3.8, 4) is 0 Å². The van der Waals surface area contributed by atoms with Gasteiger partial charge in [0.25, 0.3) is 0 Å². The first-order chi connectivity index (χ1) is 6.01. The van der Waals surface area contributed by atoms with Crippen molar-refractivity contribution in [3.05, 3.63) is 12.7 Å². The Hall–Kier alpha value is -0.340. The summed E-state index contributed by atoms with van der Waals surface area (Å²) in [4.78, 5) is 0. The average molecular weight is 184 g/mol. The fourth-order valence-electron chi connectivity index (χ4n) is 1.63. The van der Waals surface area contributed by atoms with Gasteiger partial charge in [-0.2, -0.15) is 0 Å². The zero-order chi connectivity index (χ0) is 10.1. The van der Waals surface area contributed by atoms with Gasteiger partial charge >= 0.3 is 0 Å². The first kappa shape index (κ1) is 10.7. The molecule has 0 spiro atoms. The Labute approximate surface area is 80.6 Å². The lowest BCUT2D eigenvalue weighted by Crippen LogP contribution is -2.27. The minimum Gasteiger partial charge on any atom is -0.390 e. The van der Waals surface area contributed by atoms with E-state index in [0.29, 0.717) is 0 Å². The molecule has 1 fully saturated rings. The van der Waals surface area contributed by atoms with Crippen LogP contribution in [-0.4, -0.2) is 22.9 Å². The zero-order valence-electron chi connectivity index (χ0n) is 8.79. The maximum atomic E-state index is 9.75. The van der Waals surface area contributed by atoms with Gasteiger partial charge in [0, 0.05) is 0 Å². The van der Waals surface area contributed by atoms with Gasteiger partial charge < -0.3 is 9.84 Å². The van der Waals surface area contributed by atoms with E-state index in [9.17, 15) is 5.11 Å². The maximum Gasteiger partial charge on any atom is 0.113 e. The molecule has 1 aliphatic heterocycles. The molecule has 1 N–H and O–H groups in total. The number of rotatable bonds is 5. The van der Waals surface area contributed by atoms with Crippen molar-refractivity contribution in [1.29, 1.82) is 0 Å². The van der Waals surface area contributed by atoms with E-state index in [2.05, 4.69) is 13.5 Å². The summed E-state index contributed by atoms with van der Waals surface area (Å²) in [6, 6.07) is 0. The van der Waals surface area contributed by atoms with Gasteiger partial charge in [0.05, 0.1) is 11.7 Å². The number of hydrogen-bond donors (Lipinski definition) is 1. The molecule has 0 aromatic heterocycles. The number of epoxide rings is 1. The lowest BCUT2D eigenvalue weighted by molar-refractivity contribution is 0.0922. The molecule has 0 amide bonds. The molecule has 1 heterocycles. The third-order valence-corrected chi connectivity index (χ3v) is 2.78. The third-order valence-electron chi connectivity index (χ3n) is 2.78. The largest absolute Gasteiger partial charge is 0.390 e. The van der Waals surface area contributed by atoms with Crippen LogP contribution in [0.5, 0.6) is 0 Å². The molecular formula is C11H20O2. The molecule has 0 bridgehead atoms. The summed E-state index contributed by atoms with van der Waals surface area (Å²) in [5.74, 6) is 0.274. The molecule has 1 rings (SSSR count). The SMILES string of the molecule is C=CCC[C@@]1(C)O[C@@H]1C(O)C(C)C. The number of aliphatic hydroxyl groups excluding tert-OH is 1. The Kier molecular flexibility index (Phi) is 3.14. The van der Waals surface area contributed by atoms with Crippen molar-refractivity contribution in [2.75, 3.05) is 0 Å². The minimum absolute atomic E-state index is 0.0347. The second-order valence-corrected chi connectivity index (χ2v) is 4.41. The molecule has 2 heteroatoms. The predicted octanol–water partition coefficient (Wildman–Crippen LogP) is 2.13. The van der Waals surface area contributed by atoms with E-state index in [4.69, 9.17) is 4.74 Å². The van der Waals surface area contributed by atoms with Crippen molar-refractivity contribution in [2.45, 2.75) is 51.4 Å². The van der Waals surface area contributed by atoms with Gasteiger partial charge in [0.15, 0.2) is 0 Å². The van der Waals surface area contributed by atoms with Crippen LogP contribution in [0.15, 0.2) is 12.7 Å². The van der Waals surface area contributed by atoms with Gasteiger partial charge in [-0.3, -0.25) is 0 Å². The first-order valence-electron chi connectivity index (χ1n) is 4.98. The van der Waals surface area contributed by atoms with Crippen LogP contribution in [0.1, 0.15) is 33.6 Å². The molecule has 0 aromatic rings. The Bertz CT molecular complexity index is 189. The van der Waals surface area contributed by atoms with E-state index in [-0.39, 0.29) is 23.7 Å². The molecule has 1 unspecified atom stereocenters. The van der Waals surface area contributed by atoms with Gasteiger partial charge in [0.2, 0.25) is 0 Å². The second kappa shape index (κ2) is 3.81. The van der Waals surface area contributed by atoms with Crippen molar-refractivity contribution in [3.63, 3.8) is 0 Å². The van der Waals surface area contributed by atoms with Crippen LogP contribution in [0.25, 0.3) is 0 Å². The number of hydrogen-bond acceptors (Lipinski definition) is 2. The van der Waals surface area contributed by atoms with E-state index >= 15 is 0 Å². The first-order valence-corrected chi connectivity index (χ1v) is 4.98. The van der Waals surface area contributed by atoms with Crippen LogP contribution in [0.3, 0.4) is 0 Å². The van der Waals surface area contributed by atoms with Crippen LogP contribution in [0, 0.1) is 5.92 Å². The Morgan fingerprint density at radius 1 is 1.62 bits per heavy atom. The second-order valence-electron chi connectivity index (χ2n) is 4.41. The summed E-state index contributed by atoms with van der Waals surface area (Å²) in [6.45, 7) is 9.77. The summed E-state index contributed by atoms with van der Waals surface area (Å²) < 4.78 is 5.53. The summed E-state index contributed by atoms with van der Waals surface area (Å²) in [5.41, 5.74) is -0.0993. The molecule has 0 radical (unpaired) electrons.